The Morgan fingerprint density at radius 2 is 1.75 bits per heavy atom. The maximum absolute atomic E-state index is 11.6. The highest BCUT2D eigenvalue weighted by Gasteiger charge is 2.70. The summed E-state index contributed by atoms with van der Waals surface area (Å²) < 4.78 is 6.08. The Morgan fingerprint density at radius 1 is 0.965 bits per heavy atom. The number of pyridine rings is 1. The lowest BCUT2D eigenvalue weighted by atomic mass is 9.33. The van der Waals surface area contributed by atoms with E-state index in [4.69, 9.17) is 4.74 Å². The van der Waals surface area contributed by atoms with Gasteiger partial charge in [-0.3, -0.25) is 0 Å². The van der Waals surface area contributed by atoms with E-state index in [1.807, 2.05) is 11.8 Å². The molecule has 0 spiro atoms. The normalized spacial score (nSPS) is 43.6. The molecule has 0 amide bonds. The predicted octanol–water partition coefficient (Wildman–Crippen LogP) is 12.0. The van der Waals surface area contributed by atoms with Crippen LogP contribution in [0, 0.1) is 68.5 Å². The number of nitrogens with zero attached hydrogens (tertiary/aromatic N) is 2. The second kappa shape index (κ2) is 15.4. The SMILES string of the molecule is C=C(C)[C@@H]1CCC2(NCCC3(O)CCC(SC)CC3)CC[C@]3(C)C(CCC4C5(C)CC=C(C6=CCC(COc7ncccc7C#N)CC6)C(C)(C)C5CCC43C)C12. The Balaban J connectivity index is 0.983. The van der Waals surface area contributed by atoms with Gasteiger partial charge in [0.15, 0.2) is 0 Å². The van der Waals surface area contributed by atoms with Crippen molar-refractivity contribution in [2.24, 2.45) is 57.2 Å². The van der Waals surface area contributed by atoms with E-state index in [-0.39, 0.29) is 11.0 Å². The molecular formula is C51H75N3O2S. The van der Waals surface area contributed by atoms with Crippen molar-refractivity contribution in [2.45, 2.75) is 167 Å². The Bertz CT molecular complexity index is 1790. The van der Waals surface area contributed by atoms with Crippen LogP contribution < -0.4 is 10.1 Å². The fourth-order valence-corrected chi connectivity index (χ4v) is 16.5. The number of aliphatic hydroxyl groups is 1. The van der Waals surface area contributed by atoms with E-state index in [1.165, 1.54) is 63.4 Å². The number of ether oxygens (including phenoxy) is 1. The molecule has 2 N–H and O–H groups in total. The number of rotatable bonds is 10. The van der Waals surface area contributed by atoms with Crippen molar-refractivity contribution in [1.82, 2.24) is 10.3 Å². The third-order valence-electron chi connectivity index (χ3n) is 19.1. The molecule has 0 bridgehead atoms. The average molecular weight is 794 g/mol. The largest absolute Gasteiger partial charge is 0.476 e. The van der Waals surface area contributed by atoms with Crippen molar-refractivity contribution in [1.29, 1.82) is 5.26 Å². The number of nitriles is 1. The van der Waals surface area contributed by atoms with Gasteiger partial charge in [0, 0.05) is 17.0 Å². The van der Waals surface area contributed by atoms with Gasteiger partial charge in [-0.05, 0) is 209 Å². The number of allylic oxidation sites excluding steroid dienone is 5. The lowest BCUT2D eigenvalue weighted by Crippen LogP contribution is -2.68. The van der Waals surface area contributed by atoms with E-state index in [0.29, 0.717) is 58.0 Å². The van der Waals surface area contributed by atoms with Crippen LogP contribution in [-0.2, 0) is 0 Å². The van der Waals surface area contributed by atoms with E-state index in [0.717, 1.165) is 75.0 Å². The van der Waals surface area contributed by atoms with Crippen LogP contribution in [-0.4, -0.2) is 45.9 Å². The molecule has 10 atom stereocenters. The third kappa shape index (κ3) is 6.92. The lowest BCUT2D eigenvalue weighted by molar-refractivity contribution is -0.221. The zero-order chi connectivity index (χ0) is 40.4. The van der Waals surface area contributed by atoms with Crippen LogP contribution in [0.5, 0.6) is 5.88 Å². The Morgan fingerprint density at radius 3 is 2.46 bits per heavy atom. The second-order valence-electron chi connectivity index (χ2n) is 21.9. The monoisotopic (exact) mass is 794 g/mol. The quantitative estimate of drug-likeness (QED) is 0.230. The lowest BCUT2D eigenvalue weighted by Gasteiger charge is -2.72. The van der Waals surface area contributed by atoms with Crippen molar-refractivity contribution < 1.29 is 9.84 Å². The van der Waals surface area contributed by atoms with Crippen molar-refractivity contribution in [3.05, 3.63) is 59.3 Å². The molecule has 5 nitrogen and oxygen atoms in total. The van der Waals surface area contributed by atoms with Crippen molar-refractivity contribution in [3.8, 4) is 11.9 Å². The van der Waals surface area contributed by atoms with Gasteiger partial charge in [-0.15, -0.1) is 0 Å². The highest BCUT2D eigenvalue weighted by Crippen LogP contribution is 2.76. The summed E-state index contributed by atoms with van der Waals surface area (Å²) >= 11 is 1.99. The molecule has 5 fully saturated rings. The van der Waals surface area contributed by atoms with Gasteiger partial charge in [-0.25, -0.2) is 4.98 Å². The molecule has 7 aliphatic carbocycles. The Labute approximate surface area is 350 Å². The van der Waals surface area contributed by atoms with Crippen LogP contribution in [0.1, 0.15) is 156 Å². The van der Waals surface area contributed by atoms with E-state index in [1.54, 1.807) is 29.5 Å². The third-order valence-corrected chi connectivity index (χ3v) is 20.3. The molecule has 6 heteroatoms. The van der Waals surface area contributed by atoms with E-state index in [9.17, 15) is 10.4 Å². The Hall–Kier alpha value is -2.07. The molecule has 0 aliphatic heterocycles. The smallest absolute Gasteiger partial charge is 0.231 e. The van der Waals surface area contributed by atoms with Crippen LogP contribution in [0.4, 0.5) is 0 Å². The van der Waals surface area contributed by atoms with Gasteiger partial charge >= 0.3 is 0 Å². The summed E-state index contributed by atoms with van der Waals surface area (Å²) in [6, 6.07) is 5.80. The molecule has 57 heavy (non-hydrogen) atoms. The van der Waals surface area contributed by atoms with Crippen LogP contribution in [0.2, 0.25) is 0 Å². The summed E-state index contributed by atoms with van der Waals surface area (Å²) in [5.74, 6) is 4.33. The summed E-state index contributed by atoms with van der Waals surface area (Å²) in [5.41, 5.74) is 5.96. The van der Waals surface area contributed by atoms with Gasteiger partial charge in [0.1, 0.15) is 11.6 Å². The first kappa shape index (κ1) is 41.7. The average Bonchev–Trinajstić information content (AvgIpc) is 3.58. The number of thioether (sulfide) groups is 1. The summed E-state index contributed by atoms with van der Waals surface area (Å²) in [6.45, 7) is 22.0. The van der Waals surface area contributed by atoms with Gasteiger partial charge in [0.05, 0.1) is 12.2 Å². The standard InChI is InChI=1S/C51H75N3O2S/c1-34(2)39-19-26-51(54-31-29-50(55)24-17-38(57-8)18-25-50)28-27-48(6)41(44(39)51)15-16-43-47(5)22-20-40(46(3,4)42(47)21-23-49(43,48)7)36-13-11-35(12-14-36)33-56-45-37(32-52)10-9-30-53-45/h9-10,13,20,30,35,38-39,41-44,54-55H,1,11-12,14-19,21-29,31,33H2,2-8H3/t35?,38?,39-,41?,42?,43?,44?,47?,48+,49?,50?,51?/m0/s1. The minimum absolute atomic E-state index is 0.151. The first-order chi connectivity index (χ1) is 27.1. The summed E-state index contributed by atoms with van der Waals surface area (Å²) in [6.07, 6.45) is 29.4. The van der Waals surface area contributed by atoms with Gasteiger partial charge in [0.2, 0.25) is 5.88 Å². The molecule has 5 saturated carbocycles. The van der Waals surface area contributed by atoms with E-state index in [2.05, 4.69) is 82.9 Å². The molecule has 0 saturated heterocycles. The summed E-state index contributed by atoms with van der Waals surface area (Å²) in [4.78, 5) is 4.32. The minimum atomic E-state index is -0.488. The van der Waals surface area contributed by atoms with E-state index >= 15 is 0 Å². The Kier molecular flexibility index (Phi) is 11.3. The minimum Gasteiger partial charge on any atom is -0.476 e. The van der Waals surface area contributed by atoms with Crippen LogP contribution in [0.15, 0.2) is 53.8 Å². The highest BCUT2D eigenvalue weighted by molar-refractivity contribution is 7.99. The molecular weight excluding hydrogens is 719 g/mol. The molecule has 0 aromatic carbocycles. The molecule has 8 unspecified atom stereocenters. The van der Waals surface area contributed by atoms with Gasteiger partial charge in [-0.2, -0.15) is 17.0 Å². The van der Waals surface area contributed by atoms with E-state index < -0.39 is 5.60 Å². The molecule has 1 heterocycles. The fraction of sp³-hybridized carbons (Fsp3) is 0.765. The first-order valence-corrected chi connectivity index (χ1v) is 24.5. The number of hydrogen-bond acceptors (Lipinski definition) is 6. The van der Waals surface area contributed by atoms with Crippen LogP contribution in [0.3, 0.4) is 0 Å². The zero-order valence-corrected chi connectivity index (χ0v) is 37.5. The van der Waals surface area contributed by atoms with Gasteiger partial charge in [0.25, 0.3) is 0 Å². The maximum Gasteiger partial charge on any atom is 0.231 e. The molecule has 1 aromatic heterocycles. The van der Waals surface area contributed by atoms with Crippen molar-refractivity contribution in [3.63, 3.8) is 0 Å². The molecule has 8 rings (SSSR count). The second-order valence-corrected chi connectivity index (χ2v) is 23.0. The topological polar surface area (TPSA) is 78.2 Å². The van der Waals surface area contributed by atoms with Crippen molar-refractivity contribution in [2.75, 3.05) is 19.4 Å². The number of nitrogens with one attached hydrogen (secondary N) is 1. The van der Waals surface area contributed by atoms with Crippen molar-refractivity contribution >= 4 is 11.8 Å². The predicted molar refractivity (Wildman–Crippen MR) is 236 cm³/mol. The fourth-order valence-electron chi connectivity index (χ4n) is 15.8. The summed E-state index contributed by atoms with van der Waals surface area (Å²) in [7, 11) is 0. The maximum atomic E-state index is 11.6. The van der Waals surface area contributed by atoms with Gasteiger partial charge in [-0.1, -0.05) is 58.9 Å². The summed E-state index contributed by atoms with van der Waals surface area (Å²) in [5, 5.41) is 26.1. The van der Waals surface area contributed by atoms with Crippen LogP contribution >= 0.6 is 11.8 Å². The first-order valence-electron chi connectivity index (χ1n) is 23.2. The number of aromatic nitrogens is 1. The number of fused-ring (bicyclic) bond motifs is 7. The van der Waals surface area contributed by atoms with Crippen LogP contribution in [0.25, 0.3) is 0 Å². The van der Waals surface area contributed by atoms with Gasteiger partial charge < -0.3 is 15.2 Å². The molecule has 312 valence electrons. The molecule has 1 aromatic rings. The number of hydrogen-bond donors (Lipinski definition) is 2. The highest BCUT2D eigenvalue weighted by atomic mass is 32.2. The zero-order valence-electron chi connectivity index (χ0n) is 36.7. The molecule has 7 aliphatic rings. The molecule has 0 radical (unpaired) electrons.